The highest BCUT2D eigenvalue weighted by molar-refractivity contribution is 6.32. The van der Waals surface area contributed by atoms with E-state index < -0.39 is 6.10 Å². The van der Waals surface area contributed by atoms with Gasteiger partial charge in [0, 0.05) is 12.6 Å². The molecule has 0 radical (unpaired) electrons. The molecule has 4 nitrogen and oxygen atoms in total. The Morgan fingerprint density at radius 1 is 1.53 bits per heavy atom. The Labute approximate surface area is 118 Å². The molecule has 0 heterocycles. The van der Waals surface area contributed by atoms with Gasteiger partial charge in [0.2, 0.25) is 0 Å². The van der Waals surface area contributed by atoms with E-state index >= 15 is 0 Å². The summed E-state index contributed by atoms with van der Waals surface area (Å²) < 4.78 is 5.53. The van der Waals surface area contributed by atoms with Crippen LogP contribution in [0.5, 0.6) is 5.75 Å². The van der Waals surface area contributed by atoms with Crippen molar-refractivity contribution in [3.8, 4) is 5.75 Å². The zero-order valence-electron chi connectivity index (χ0n) is 10.9. The first kappa shape index (κ1) is 14.2. The summed E-state index contributed by atoms with van der Waals surface area (Å²) in [5.74, 6) is 0.912. The first-order valence-electron chi connectivity index (χ1n) is 6.52. The molecule has 0 aliphatic heterocycles. The molecule has 0 spiro atoms. The number of benzene rings is 1. The van der Waals surface area contributed by atoms with Crippen LogP contribution in [0.4, 0.5) is 0 Å². The molecule has 2 atom stereocenters. The van der Waals surface area contributed by atoms with Crippen LogP contribution in [0.1, 0.15) is 19.8 Å². The van der Waals surface area contributed by atoms with Gasteiger partial charge in [-0.15, -0.1) is 0 Å². The monoisotopic (exact) mass is 282 g/mol. The summed E-state index contributed by atoms with van der Waals surface area (Å²) in [4.78, 5) is 11.9. The minimum absolute atomic E-state index is 0.0523. The van der Waals surface area contributed by atoms with E-state index in [4.69, 9.17) is 22.1 Å². The fraction of sp³-hybridized carbons (Fsp3) is 0.500. The predicted molar refractivity (Wildman–Crippen MR) is 75.3 cm³/mol. The third-order valence-electron chi connectivity index (χ3n) is 3.25. The number of halogens is 1. The van der Waals surface area contributed by atoms with Crippen molar-refractivity contribution in [1.82, 2.24) is 5.32 Å². The molecule has 1 fully saturated rings. The van der Waals surface area contributed by atoms with Crippen LogP contribution in [0.3, 0.4) is 0 Å². The SMILES string of the molecule is CC(Oc1ccccc1Cl)C(=O)NCC(N)C1CC1. The van der Waals surface area contributed by atoms with Crippen molar-refractivity contribution in [3.05, 3.63) is 29.3 Å². The summed E-state index contributed by atoms with van der Waals surface area (Å²) in [6.07, 6.45) is 1.75. The molecule has 1 saturated carbocycles. The van der Waals surface area contributed by atoms with E-state index in [1.54, 1.807) is 19.1 Å². The van der Waals surface area contributed by atoms with Crippen LogP contribution < -0.4 is 15.8 Å². The van der Waals surface area contributed by atoms with E-state index in [0.717, 1.165) is 0 Å². The zero-order valence-corrected chi connectivity index (χ0v) is 11.7. The third-order valence-corrected chi connectivity index (χ3v) is 3.56. The van der Waals surface area contributed by atoms with Crippen molar-refractivity contribution in [2.24, 2.45) is 11.7 Å². The van der Waals surface area contributed by atoms with Gasteiger partial charge in [0.15, 0.2) is 6.10 Å². The Morgan fingerprint density at radius 3 is 2.84 bits per heavy atom. The molecular weight excluding hydrogens is 264 g/mol. The maximum atomic E-state index is 11.9. The molecule has 2 unspecified atom stereocenters. The fourth-order valence-corrected chi connectivity index (χ4v) is 2.02. The zero-order chi connectivity index (χ0) is 13.8. The van der Waals surface area contributed by atoms with Crippen molar-refractivity contribution in [1.29, 1.82) is 0 Å². The Morgan fingerprint density at radius 2 is 2.21 bits per heavy atom. The Balaban J connectivity index is 1.80. The number of nitrogens with two attached hydrogens (primary N) is 1. The first-order chi connectivity index (χ1) is 9.08. The number of carbonyl (C=O) groups excluding carboxylic acids is 1. The summed E-state index contributed by atoms with van der Waals surface area (Å²) in [5, 5.41) is 3.31. The minimum atomic E-state index is -0.591. The van der Waals surface area contributed by atoms with Gasteiger partial charge in [-0.2, -0.15) is 0 Å². The number of amides is 1. The molecular formula is C14H19ClN2O2. The van der Waals surface area contributed by atoms with Crippen LogP contribution in [-0.4, -0.2) is 24.6 Å². The largest absolute Gasteiger partial charge is 0.479 e. The third kappa shape index (κ3) is 4.11. The summed E-state index contributed by atoms with van der Waals surface area (Å²) in [7, 11) is 0. The van der Waals surface area contributed by atoms with Crippen molar-refractivity contribution < 1.29 is 9.53 Å². The fourth-order valence-electron chi connectivity index (χ4n) is 1.84. The maximum Gasteiger partial charge on any atom is 0.260 e. The van der Waals surface area contributed by atoms with Crippen molar-refractivity contribution in [3.63, 3.8) is 0 Å². The second-order valence-electron chi connectivity index (χ2n) is 4.94. The van der Waals surface area contributed by atoms with Crippen LogP contribution in [0.15, 0.2) is 24.3 Å². The number of rotatable bonds is 6. The molecule has 104 valence electrons. The molecule has 1 aliphatic carbocycles. The normalized spacial score (nSPS) is 17.6. The van der Waals surface area contributed by atoms with Crippen molar-refractivity contribution in [2.45, 2.75) is 31.9 Å². The lowest BCUT2D eigenvalue weighted by Crippen LogP contribution is -2.43. The lowest BCUT2D eigenvalue weighted by molar-refractivity contribution is -0.127. The lowest BCUT2D eigenvalue weighted by Gasteiger charge is -2.17. The van der Waals surface area contributed by atoms with Gasteiger partial charge < -0.3 is 15.8 Å². The van der Waals surface area contributed by atoms with Crippen LogP contribution in [0.2, 0.25) is 5.02 Å². The summed E-state index contributed by atoms with van der Waals surface area (Å²) in [6, 6.07) is 7.15. The van der Waals surface area contributed by atoms with E-state index in [1.807, 2.05) is 12.1 Å². The van der Waals surface area contributed by atoms with Gasteiger partial charge in [0.25, 0.3) is 5.91 Å². The standard InChI is InChI=1S/C14H19ClN2O2/c1-9(19-13-5-3-2-4-11(13)15)14(18)17-8-12(16)10-6-7-10/h2-5,9-10,12H,6-8,16H2,1H3,(H,17,18). The predicted octanol–water partition coefficient (Wildman–Crippen LogP) is 1.96. The molecule has 5 heteroatoms. The van der Waals surface area contributed by atoms with Crippen LogP contribution in [-0.2, 0) is 4.79 Å². The number of carbonyl (C=O) groups is 1. The number of nitrogens with one attached hydrogen (secondary N) is 1. The second kappa shape index (κ2) is 6.26. The van der Waals surface area contributed by atoms with E-state index in [2.05, 4.69) is 5.32 Å². The Hall–Kier alpha value is -1.26. The van der Waals surface area contributed by atoms with E-state index in [9.17, 15) is 4.79 Å². The van der Waals surface area contributed by atoms with E-state index in [-0.39, 0.29) is 11.9 Å². The lowest BCUT2D eigenvalue weighted by atomic mass is 10.2. The quantitative estimate of drug-likeness (QED) is 0.838. The Kier molecular flexibility index (Phi) is 4.66. The maximum absolute atomic E-state index is 11.9. The molecule has 19 heavy (non-hydrogen) atoms. The van der Waals surface area contributed by atoms with Crippen molar-refractivity contribution >= 4 is 17.5 Å². The molecule has 1 aliphatic rings. The smallest absolute Gasteiger partial charge is 0.260 e. The highest BCUT2D eigenvalue weighted by atomic mass is 35.5. The van der Waals surface area contributed by atoms with Gasteiger partial charge in [-0.1, -0.05) is 23.7 Å². The van der Waals surface area contributed by atoms with Gasteiger partial charge in [-0.25, -0.2) is 0 Å². The topological polar surface area (TPSA) is 64.3 Å². The average molecular weight is 283 g/mol. The van der Waals surface area contributed by atoms with E-state index in [1.165, 1.54) is 12.8 Å². The van der Waals surface area contributed by atoms with Crippen LogP contribution in [0, 0.1) is 5.92 Å². The van der Waals surface area contributed by atoms with Gasteiger partial charge >= 0.3 is 0 Å². The molecule has 2 rings (SSSR count). The second-order valence-corrected chi connectivity index (χ2v) is 5.34. The molecule has 3 N–H and O–H groups in total. The summed E-state index contributed by atoms with van der Waals surface area (Å²) >= 11 is 5.97. The summed E-state index contributed by atoms with van der Waals surface area (Å²) in [6.45, 7) is 2.20. The number of hydrogen-bond donors (Lipinski definition) is 2. The highest BCUT2D eigenvalue weighted by Gasteiger charge is 2.29. The van der Waals surface area contributed by atoms with Gasteiger partial charge in [-0.3, -0.25) is 4.79 Å². The number of ether oxygens (including phenoxy) is 1. The number of para-hydroxylation sites is 1. The molecule has 0 saturated heterocycles. The van der Waals surface area contributed by atoms with Gasteiger partial charge in [0.05, 0.1) is 5.02 Å². The molecule has 1 aromatic rings. The van der Waals surface area contributed by atoms with Crippen LogP contribution >= 0.6 is 11.6 Å². The minimum Gasteiger partial charge on any atom is -0.479 e. The van der Waals surface area contributed by atoms with Crippen LogP contribution in [0.25, 0.3) is 0 Å². The van der Waals surface area contributed by atoms with E-state index in [0.29, 0.717) is 23.2 Å². The van der Waals surface area contributed by atoms with Gasteiger partial charge in [0.1, 0.15) is 5.75 Å². The molecule has 0 bridgehead atoms. The average Bonchev–Trinajstić information content (AvgIpc) is 3.22. The number of hydrogen-bond acceptors (Lipinski definition) is 3. The van der Waals surface area contributed by atoms with Crippen molar-refractivity contribution in [2.75, 3.05) is 6.54 Å². The molecule has 1 amide bonds. The molecule has 1 aromatic carbocycles. The first-order valence-corrected chi connectivity index (χ1v) is 6.90. The summed E-state index contributed by atoms with van der Waals surface area (Å²) in [5.41, 5.74) is 5.93. The Bertz CT molecular complexity index is 449. The highest BCUT2D eigenvalue weighted by Crippen LogP contribution is 2.31. The molecule has 0 aromatic heterocycles. The van der Waals surface area contributed by atoms with Gasteiger partial charge in [-0.05, 0) is 37.8 Å².